The second kappa shape index (κ2) is 8.70. The standard InChI is InChI=1S/C22H36N2O2/c1-9-13-19(25)23(21(3,4)5)17-15-11-12-16-18(17)24(22(6,7)8)20(26)14-10-2/h11-12,15-16H,9-10,13-14H2,1-8H3. The number of carbonyl (C=O) groups excluding carboxylic acids is 2. The van der Waals surface area contributed by atoms with Gasteiger partial charge in [0.15, 0.2) is 0 Å². The zero-order chi connectivity index (χ0) is 20.1. The van der Waals surface area contributed by atoms with Crippen LogP contribution in [0.15, 0.2) is 24.3 Å². The fourth-order valence-electron chi connectivity index (χ4n) is 3.23. The molecule has 0 N–H and O–H groups in total. The average molecular weight is 361 g/mol. The van der Waals surface area contributed by atoms with Crippen molar-refractivity contribution in [2.75, 3.05) is 9.80 Å². The summed E-state index contributed by atoms with van der Waals surface area (Å²) in [6, 6.07) is 7.77. The maximum atomic E-state index is 12.9. The molecule has 0 heterocycles. The summed E-state index contributed by atoms with van der Waals surface area (Å²) in [5.41, 5.74) is 0.857. The van der Waals surface area contributed by atoms with Crippen LogP contribution in [0.2, 0.25) is 0 Å². The normalized spacial score (nSPS) is 12.0. The predicted molar refractivity (Wildman–Crippen MR) is 111 cm³/mol. The van der Waals surface area contributed by atoms with Crippen LogP contribution in [0.3, 0.4) is 0 Å². The maximum Gasteiger partial charge on any atom is 0.227 e. The van der Waals surface area contributed by atoms with Crippen molar-refractivity contribution in [3.63, 3.8) is 0 Å². The zero-order valence-corrected chi connectivity index (χ0v) is 17.8. The van der Waals surface area contributed by atoms with Crippen molar-refractivity contribution in [3.05, 3.63) is 24.3 Å². The number of rotatable bonds is 6. The molecular weight excluding hydrogens is 324 g/mol. The van der Waals surface area contributed by atoms with E-state index in [0.29, 0.717) is 12.8 Å². The molecule has 0 bridgehead atoms. The van der Waals surface area contributed by atoms with Crippen LogP contribution in [-0.4, -0.2) is 22.9 Å². The highest BCUT2D eigenvalue weighted by atomic mass is 16.2. The van der Waals surface area contributed by atoms with Crippen molar-refractivity contribution in [1.82, 2.24) is 0 Å². The Hall–Kier alpha value is -1.84. The monoisotopic (exact) mass is 360 g/mol. The van der Waals surface area contributed by atoms with Gasteiger partial charge in [-0.25, -0.2) is 0 Å². The first-order valence-electron chi connectivity index (χ1n) is 9.70. The van der Waals surface area contributed by atoms with E-state index in [1.54, 1.807) is 0 Å². The van der Waals surface area contributed by atoms with Crippen molar-refractivity contribution in [1.29, 1.82) is 0 Å². The number of anilines is 2. The number of para-hydroxylation sites is 2. The fraction of sp³-hybridized carbons (Fsp3) is 0.636. The Morgan fingerprint density at radius 2 is 1.04 bits per heavy atom. The SMILES string of the molecule is CCCC(=O)N(c1ccccc1N(C(=O)CCC)C(C)(C)C)C(C)(C)C. The highest BCUT2D eigenvalue weighted by molar-refractivity contribution is 6.03. The Labute approximate surface area is 159 Å². The van der Waals surface area contributed by atoms with Gasteiger partial charge in [-0.2, -0.15) is 0 Å². The first-order chi connectivity index (χ1) is 11.9. The third-order valence-electron chi connectivity index (χ3n) is 4.13. The predicted octanol–water partition coefficient (Wildman–Crippen LogP) is 5.55. The van der Waals surface area contributed by atoms with Gasteiger partial charge >= 0.3 is 0 Å². The first kappa shape index (κ1) is 22.2. The lowest BCUT2D eigenvalue weighted by molar-refractivity contribution is -0.120. The lowest BCUT2D eigenvalue weighted by Crippen LogP contribution is -2.50. The van der Waals surface area contributed by atoms with Gasteiger partial charge in [-0.1, -0.05) is 26.0 Å². The maximum absolute atomic E-state index is 12.9. The van der Waals surface area contributed by atoms with Crippen molar-refractivity contribution in [2.45, 2.75) is 92.2 Å². The van der Waals surface area contributed by atoms with Gasteiger partial charge in [0.2, 0.25) is 11.8 Å². The van der Waals surface area contributed by atoms with Gasteiger partial charge in [0, 0.05) is 23.9 Å². The molecular formula is C22H36N2O2. The molecule has 0 unspecified atom stereocenters. The van der Waals surface area contributed by atoms with E-state index in [1.807, 2.05) is 89.5 Å². The minimum atomic E-state index is -0.375. The molecule has 4 nitrogen and oxygen atoms in total. The number of hydrogen-bond acceptors (Lipinski definition) is 2. The summed E-state index contributed by atoms with van der Waals surface area (Å²) in [4.78, 5) is 29.6. The van der Waals surface area contributed by atoms with Crippen LogP contribution < -0.4 is 9.80 Å². The molecule has 26 heavy (non-hydrogen) atoms. The quantitative estimate of drug-likeness (QED) is 0.667. The lowest BCUT2D eigenvalue weighted by atomic mass is 9.99. The molecule has 0 fully saturated rings. The Kier molecular flexibility index (Phi) is 7.43. The number of hydrogen-bond donors (Lipinski definition) is 0. The molecule has 2 amide bonds. The van der Waals surface area contributed by atoms with Gasteiger partial charge in [-0.3, -0.25) is 9.59 Å². The Balaban J connectivity index is 3.59. The molecule has 0 saturated heterocycles. The van der Waals surface area contributed by atoms with Crippen molar-refractivity contribution in [3.8, 4) is 0 Å². The fourth-order valence-corrected chi connectivity index (χ4v) is 3.23. The Bertz CT molecular complexity index is 569. The molecule has 4 heteroatoms. The van der Waals surface area contributed by atoms with E-state index >= 15 is 0 Å². The van der Waals surface area contributed by atoms with Crippen molar-refractivity contribution >= 4 is 23.2 Å². The molecule has 0 aliphatic carbocycles. The van der Waals surface area contributed by atoms with Crippen LogP contribution >= 0.6 is 0 Å². The number of benzene rings is 1. The van der Waals surface area contributed by atoms with Gasteiger partial charge in [0.1, 0.15) is 0 Å². The Morgan fingerprint density at radius 3 is 1.27 bits per heavy atom. The molecule has 1 aromatic rings. The van der Waals surface area contributed by atoms with Gasteiger partial charge in [0.05, 0.1) is 11.4 Å². The molecule has 0 saturated carbocycles. The average Bonchev–Trinajstić information content (AvgIpc) is 2.47. The van der Waals surface area contributed by atoms with Gasteiger partial charge in [-0.05, 0) is 66.5 Å². The van der Waals surface area contributed by atoms with Crippen molar-refractivity contribution in [2.24, 2.45) is 0 Å². The minimum Gasteiger partial charge on any atom is -0.305 e. The summed E-state index contributed by atoms with van der Waals surface area (Å²) >= 11 is 0. The smallest absolute Gasteiger partial charge is 0.227 e. The van der Waals surface area contributed by atoms with E-state index in [2.05, 4.69) is 0 Å². The van der Waals surface area contributed by atoms with Crippen LogP contribution in [0.25, 0.3) is 0 Å². The zero-order valence-electron chi connectivity index (χ0n) is 17.8. The number of nitrogens with zero attached hydrogens (tertiary/aromatic N) is 2. The molecule has 146 valence electrons. The highest BCUT2D eigenvalue weighted by Crippen LogP contribution is 2.38. The van der Waals surface area contributed by atoms with E-state index < -0.39 is 0 Å². The van der Waals surface area contributed by atoms with E-state index in [1.165, 1.54) is 0 Å². The second-order valence-corrected chi connectivity index (χ2v) is 8.79. The molecule has 1 rings (SSSR count). The van der Waals surface area contributed by atoms with Crippen LogP contribution in [0.1, 0.15) is 81.1 Å². The number of carbonyl (C=O) groups is 2. The van der Waals surface area contributed by atoms with Crippen LogP contribution in [-0.2, 0) is 9.59 Å². The van der Waals surface area contributed by atoms with Gasteiger partial charge < -0.3 is 9.80 Å². The summed E-state index contributed by atoms with van der Waals surface area (Å²) in [6.45, 7) is 16.2. The summed E-state index contributed by atoms with van der Waals surface area (Å²) in [5, 5.41) is 0. The van der Waals surface area contributed by atoms with E-state index in [9.17, 15) is 9.59 Å². The second-order valence-electron chi connectivity index (χ2n) is 8.79. The molecule has 0 radical (unpaired) electrons. The first-order valence-corrected chi connectivity index (χ1v) is 9.70. The summed E-state index contributed by atoms with van der Waals surface area (Å²) < 4.78 is 0. The number of amides is 2. The van der Waals surface area contributed by atoms with Gasteiger partial charge in [0.25, 0.3) is 0 Å². The summed E-state index contributed by atoms with van der Waals surface area (Å²) in [7, 11) is 0. The van der Waals surface area contributed by atoms with Gasteiger partial charge in [-0.15, -0.1) is 0 Å². The van der Waals surface area contributed by atoms with Crippen molar-refractivity contribution < 1.29 is 9.59 Å². The van der Waals surface area contributed by atoms with E-state index in [4.69, 9.17) is 0 Å². The third-order valence-corrected chi connectivity index (χ3v) is 4.13. The molecule has 0 aliphatic heterocycles. The minimum absolute atomic E-state index is 0.0873. The summed E-state index contributed by atoms with van der Waals surface area (Å²) in [6.07, 6.45) is 2.57. The lowest BCUT2D eigenvalue weighted by Gasteiger charge is -2.42. The molecule has 0 spiro atoms. The van der Waals surface area contributed by atoms with Crippen LogP contribution in [0, 0.1) is 0 Å². The molecule has 0 atom stereocenters. The summed E-state index contributed by atoms with van der Waals surface area (Å²) in [5.74, 6) is 0.175. The van der Waals surface area contributed by atoms with Crippen LogP contribution in [0.4, 0.5) is 11.4 Å². The molecule has 1 aromatic carbocycles. The highest BCUT2D eigenvalue weighted by Gasteiger charge is 2.34. The van der Waals surface area contributed by atoms with E-state index in [-0.39, 0.29) is 22.9 Å². The third kappa shape index (κ3) is 5.33. The molecule has 0 aromatic heterocycles. The largest absolute Gasteiger partial charge is 0.305 e. The van der Waals surface area contributed by atoms with E-state index in [0.717, 1.165) is 24.2 Å². The molecule has 0 aliphatic rings. The van der Waals surface area contributed by atoms with Crippen LogP contribution in [0.5, 0.6) is 0 Å². The topological polar surface area (TPSA) is 40.6 Å². The Morgan fingerprint density at radius 1 is 0.731 bits per heavy atom.